The lowest BCUT2D eigenvalue weighted by Crippen LogP contribution is -2.33. The van der Waals surface area contributed by atoms with Gasteiger partial charge in [0, 0.05) is 0 Å². The van der Waals surface area contributed by atoms with Crippen molar-refractivity contribution in [3.8, 4) is 0 Å². The van der Waals surface area contributed by atoms with Crippen molar-refractivity contribution in [2.24, 2.45) is 0 Å². The number of hydrogen-bond donors (Lipinski definition) is 0. The molecule has 1 rings (SSSR count). The molecule has 42 valence electrons. The monoisotopic (exact) mass is 120 g/mol. The second kappa shape index (κ2) is 1.22. The van der Waals surface area contributed by atoms with Gasteiger partial charge in [-0.15, -0.1) is 0 Å². The van der Waals surface area contributed by atoms with E-state index in [9.17, 15) is 8.42 Å². The molecule has 1 atom stereocenters. The van der Waals surface area contributed by atoms with Crippen molar-refractivity contribution < 1.29 is 8.42 Å². The van der Waals surface area contributed by atoms with Gasteiger partial charge in [-0.25, -0.2) is 8.42 Å². The van der Waals surface area contributed by atoms with Crippen LogP contribution in [0.4, 0.5) is 0 Å². The van der Waals surface area contributed by atoms with Gasteiger partial charge in [0.1, 0.15) is 0 Å². The first-order valence-corrected chi connectivity index (χ1v) is 4.06. The van der Waals surface area contributed by atoms with E-state index in [0.29, 0.717) is 5.75 Å². The number of rotatable bonds is 0. The average Bonchev–Trinajstić information content (AvgIpc) is 1.63. The fourth-order valence-electron chi connectivity index (χ4n) is 0.546. The smallest absolute Gasteiger partial charge is 0.152 e. The Morgan fingerprint density at radius 1 is 1.57 bits per heavy atom. The Bertz CT molecular complexity index is 157. The molecule has 0 aromatic heterocycles. The second-order valence-electron chi connectivity index (χ2n) is 1.97. The molecule has 0 bridgehead atoms. The van der Waals surface area contributed by atoms with Crippen LogP contribution in [0.25, 0.3) is 0 Å². The van der Waals surface area contributed by atoms with E-state index in [1.807, 2.05) is 0 Å². The fourth-order valence-corrected chi connectivity index (χ4v) is 1.64. The average molecular weight is 120 g/mol. The predicted octanol–water partition coefficient (Wildman–Crippen LogP) is 0.193. The molecule has 0 amide bonds. The number of hydrogen-bond acceptors (Lipinski definition) is 2. The third kappa shape index (κ3) is 0.650. The standard InChI is InChI=1S/C4H8O2S/c1-4-2-3-7(4,5)6/h4H,2-3H2,1H3/t4-/m0/s1. The molecule has 1 fully saturated rings. The molecule has 0 aromatic carbocycles. The molecule has 0 radical (unpaired) electrons. The Morgan fingerprint density at radius 3 is 2.00 bits per heavy atom. The topological polar surface area (TPSA) is 34.1 Å². The zero-order valence-corrected chi connectivity index (χ0v) is 5.03. The zero-order chi connectivity index (χ0) is 5.49. The molecule has 1 aliphatic heterocycles. The SMILES string of the molecule is C[C@H]1CCS1(=O)=O. The summed E-state index contributed by atoms with van der Waals surface area (Å²) in [6, 6.07) is 0. The van der Waals surface area contributed by atoms with Crippen LogP contribution in [0, 0.1) is 0 Å². The van der Waals surface area contributed by atoms with Crippen LogP contribution in [0.3, 0.4) is 0 Å². The number of sulfone groups is 1. The molecule has 0 saturated carbocycles. The molecule has 0 aliphatic carbocycles. The van der Waals surface area contributed by atoms with E-state index in [-0.39, 0.29) is 5.25 Å². The summed E-state index contributed by atoms with van der Waals surface area (Å²) in [7, 11) is -2.56. The van der Waals surface area contributed by atoms with E-state index in [0.717, 1.165) is 6.42 Å². The molecule has 1 aliphatic rings. The van der Waals surface area contributed by atoms with Crippen LogP contribution < -0.4 is 0 Å². The van der Waals surface area contributed by atoms with Gasteiger partial charge in [-0.3, -0.25) is 0 Å². The Hall–Kier alpha value is -0.0500. The summed E-state index contributed by atoms with van der Waals surface area (Å²) in [5, 5.41) is -0.0486. The van der Waals surface area contributed by atoms with Crippen LogP contribution in [0.15, 0.2) is 0 Å². The minimum absolute atomic E-state index is 0.0486. The van der Waals surface area contributed by atoms with Gasteiger partial charge >= 0.3 is 0 Å². The quantitative estimate of drug-likeness (QED) is 0.457. The lowest BCUT2D eigenvalue weighted by atomic mass is 10.3. The first-order valence-electron chi connectivity index (χ1n) is 2.34. The van der Waals surface area contributed by atoms with Gasteiger partial charge in [0.15, 0.2) is 9.84 Å². The van der Waals surface area contributed by atoms with E-state index in [1.165, 1.54) is 0 Å². The highest BCUT2D eigenvalue weighted by Crippen LogP contribution is 2.18. The first-order chi connectivity index (χ1) is 3.13. The molecule has 0 spiro atoms. The lowest BCUT2D eigenvalue weighted by molar-refractivity contribution is 0.556. The summed E-state index contributed by atoms with van der Waals surface area (Å²) in [6.07, 6.45) is 0.863. The lowest BCUT2D eigenvalue weighted by Gasteiger charge is -2.20. The summed E-state index contributed by atoms with van der Waals surface area (Å²) in [6.45, 7) is 1.75. The maximum Gasteiger partial charge on any atom is 0.152 e. The summed E-state index contributed by atoms with van der Waals surface area (Å²) in [4.78, 5) is 0. The highest BCUT2D eigenvalue weighted by atomic mass is 32.2. The molecule has 3 heteroatoms. The van der Waals surface area contributed by atoms with Crippen molar-refractivity contribution in [2.45, 2.75) is 18.6 Å². The Morgan fingerprint density at radius 2 is 2.00 bits per heavy atom. The van der Waals surface area contributed by atoms with Crippen molar-refractivity contribution in [1.82, 2.24) is 0 Å². The van der Waals surface area contributed by atoms with Crippen LogP contribution in [-0.4, -0.2) is 19.4 Å². The van der Waals surface area contributed by atoms with Crippen molar-refractivity contribution in [3.63, 3.8) is 0 Å². The van der Waals surface area contributed by atoms with E-state index in [1.54, 1.807) is 6.92 Å². The third-order valence-corrected chi connectivity index (χ3v) is 3.69. The van der Waals surface area contributed by atoms with E-state index < -0.39 is 9.84 Å². The molecule has 1 heterocycles. The fraction of sp³-hybridized carbons (Fsp3) is 1.00. The minimum Gasteiger partial charge on any atom is -0.229 e. The van der Waals surface area contributed by atoms with Gasteiger partial charge in [0.2, 0.25) is 0 Å². The predicted molar refractivity (Wildman–Crippen MR) is 27.9 cm³/mol. The molecule has 0 aromatic rings. The highest BCUT2D eigenvalue weighted by molar-refractivity contribution is 7.93. The van der Waals surface area contributed by atoms with Gasteiger partial charge in [-0.1, -0.05) is 0 Å². The van der Waals surface area contributed by atoms with Crippen LogP contribution in [0.2, 0.25) is 0 Å². The Labute approximate surface area is 43.5 Å². The Kier molecular flexibility index (Phi) is 0.885. The van der Waals surface area contributed by atoms with Gasteiger partial charge in [0.25, 0.3) is 0 Å². The minimum atomic E-state index is -2.56. The van der Waals surface area contributed by atoms with E-state index >= 15 is 0 Å². The largest absolute Gasteiger partial charge is 0.229 e. The molecule has 0 N–H and O–H groups in total. The maximum absolute atomic E-state index is 10.4. The van der Waals surface area contributed by atoms with Crippen LogP contribution in [-0.2, 0) is 9.84 Å². The van der Waals surface area contributed by atoms with Gasteiger partial charge in [-0.2, -0.15) is 0 Å². The summed E-state index contributed by atoms with van der Waals surface area (Å²) < 4.78 is 20.8. The first kappa shape index (κ1) is 5.09. The maximum atomic E-state index is 10.4. The van der Waals surface area contributed by atoms with E-state index in [4.69, 9.17) is 0 Å². The Balaban J connectivity index is 2.79. The van der Waals surface area contributed by atoms with Crippen molar-refractivity contribution in [2.75, 3.05) is 5.75 Å². The summed E-state index contributed by atoms with van der Waals surface area (Å²) in [5.41, 5.74) is 0. The van der Waals surface area contributed by atoms with Crippen LogP contribution in [0.1, 0.15) is 13.3 Å². The zero-order valence-electron chi connectivity index (χ0n) is 4.22. The highest BCUT2D eigenvalue weighted by Gasteiger charge is 2.30. The molecule has 1 saturated heterocycles. The van der Waals surface area contributed by atoms with Crippen molar-refractivity contribution >= 4 is 9.84 Å². The normalized spacial score (nSPS) is 37.0. The molecular weight excluding hydrogens is 112 g/mol. The summed E-state index contributed by atoms with van der Waals surface area (Å²) in [5.74, 6) is 0.411. The van der Waals surface area contributed by atoms with Crippen molar-refractivity contribution in [3.05, 3.63) is 0 Å². The van der Waals surface area contributed by atoms with Gasteiger partial charge in [0.05, 0.1) is 11.0 Å². The van der Waals surface area contributed by atoms with Crippen molar-refractivity contribution in [1.29, 1.82) is 0 Å². The molecule has 7 heavy (non-hydrogen) atoms. The van der Waals surface area contributed by atoms with E-state index in [2.05, 4.69) is 0 Å². The molecule has 2 nitrogen and oxygen atoms in total. The van der Waals surface area contributed by atoms with Crippen LogP contribution >= 0.6 is 0 Å². The second-order valence-corrected chi connectivity index (χ2v) is 4.50. The third-order valence-electron chi connectivity index (χ3n) is 1.42. The summed E-state index contributed by atoms with van der Waals surface area (Å²) >= 11 is 0. The molecular formula is C4H8O2S. The van der Waals surface area contributed by atoms with Gasteiger partial charge in [-0.05, 0) is 13.3 Å². The van der Waals surface area contributed by atoms with Crippen LogP contribution in [0.5, 0.6) is 0 Å². The molecule has 0 unspecified atom stereocenters. The van der Waals surface area contributed by atoms with Gasteiger partial charge < -0.3 is 0 Å².